The molecule has 0 aliphatic rings. The first-order valence-corrected chi connectivity index (χ1v) is 11.5. The minimum atomic E-state index is -0.976. The van der Waals surface area contributed by atoms with Gasteiger partial charge >= 0.3 is 0 Å². The number of H-pyrrole nitrogens is 1. The van der Waals surface area contributed by atoms with Crippen LogP contribution in [0, 0.1) is 0 Å². The number of nitrogens with zero attached hydrogens (tertiary/aromatic N) is 4. The third-order valence-corrected chi connectivity index (χ3v) is 5.84. The maximum absolute atomic E-state index is 13.2. The number of pyridine rings is 1. The number of aromatic amines is 1. The van der Waals surface area contributed by atoms with Gasteiger partial charge in [-0.25, -0.2) is 15.0 Å². The molecule has 5 aromatic rings. The lowest BCUT2D eigenvalue weighted by molar-refractivity contribution is -0.119. The quantitative estimate of drug-likeness (QED) is 0.259. The normalized spacial score (nSPS) is 11.7. The Labute approximate surface area is 212 Å². The Morgan fingerprint density at radius 2 is 1.76 bits per heavy atom. The number of carbonyl (C=O) groups excluding carboxylic acids is 2. The van der Waals surface area contributed by atoms with E-state index in [9.17, 15) is 9.59 Å². The van der Waals surface area contributed by atoms with E-state index in [-0.39, 0.29) is 12.5 Å². The molecular weight excluding hydrogens is 468 g/mol. The average Bonchev–Trinajstić information content (AvgIpc) is 3.35. The topological polar surface area (TPSA) is 156 Å². The maximum Gasteiger partial charge on any atom is 0.252 e. The van der Waals surface area contributed by atoms with E-state index >= 15 is 0 Å². The first-order valence-electron chi connectivity index (χ1n) is 11.5. The van der Waals surface area contributed by atoms with E-state index in [1.54, 1.807) is 36.7 Å². The molecule has 6 N–H and O–H groups in total. The molecule has 0 fully saturated rings. The zero-order valence-corrected chi connectivity index (χ0v) is 19.7. The summed E-state index contributed by atoms with van der Waals surface area (Å²) in [6, 6.07) is 22.8. The highest BCUT2D eigenvalue weighted by atomic mass is 16.2. The molecule has 0 radical (unpaired) electrons. The molecule has 3 aromatic heterocycles. The van der Waals surface area contributed by atoms with E-state index < -0.39 is 17.9 Å². The van der Waals surface area contributed by atoms with Crippen molar-refractivity contribution in [2.45, 2.75) is 6.04 Å². The first-order chi connectivity index (χ1) is 18.0. The van der Waals surface area contributed by atoms with Crippen LogP contribution in [0.15, 0.2) is 91.3 Å². The minimum absolute atomic E-state index is 0.105. The van der Waals surface area contributed by atoms with Crippen LogP contribution >= 0.6 is 0 Å². The highest BCUT2D eigenvalue weighted by Crippen LogP contribution is 2.25. The van der Waals surface area contributed by atoms with Gasteiger partial charge in [0.05, 0.1) is 17.9 Å². The van der Waals surface area contributed by atoms with Gasteiger partial charge in [-0.1, -0.05) is 24.3 Å². The van der Waals surface area contributed by atoms with Gasteiger partial charge in [-0.15, -0.1) is 0 Å². The molecule has 0 aliphatic carbocycles. The van der Waals surface area contributed by atoms with E-state index in [4.69, 9.17) is 11.5 Å². The number of anilines is 3. The number of amides is 2. The SMILES string of the molecule is NC(=O)C(CN(c1ccccc1)c1ccccn1)NC(=O)c1ccc2[nH]c(-c3ccnc(N)n3)cc2c1. The third-order valence-electron chi connectivity index (χ3n) is 5.84. The smallest absolute Gasteiger partial charge is 0.252 e. The second-order valence-electron chi connectivity index (χ2n) is 8.35. The number of hydrogen-bond donors (Lipinski definition) is 4. The molecule has 10 heteroatoms. The Balaban J connectivity index is 1.39. The van der Waals surface area contributed by atoms with Gasteiger partial charge in [0.15, 0.2) is 0 Å². The maximum atomic E-state index is 13.2. The fourth-order valence-corrected chi connectivity index (χ4v) is 4.02. The second kappa shape index (κ2) is 10.2. The summed E-state index contributed by atoms with van der Waals surface area (Å²) in [7, 11) is 0. The summed E-state index contributed by atoms with van der Waals surface area (Å²) >= 11 is 0. The lowest BCUT2D eigenvalue weighted by Gasteiger charge is -2.27. The summed E-state index contributed by atoms with van der Waals surface area (Å²) in [6.07, 6.45) is 3.25. The number of carbonyl (C=O) groups is 2. The van der Waals surface area contributed by atoms with Crippen molar-refractivity contribution in [3.05, 3.63) is 96.8 Å². The van der Waals surface area contributed by atoms with E-state index in [0.717, 1.165) is 22.3 Å². The monoisotopic (exact) mass is 492 g/mol. The zero-order valence-electron chi connectivity index (χ0n) is 19.7. The van der Waals surface area contributed by atoms with Crippen molar-refractivity contribution in [1.29, 1.82) is 0 Å². The van der Waals surface area contributed by atoms with Crippen molar-refractivity contribution in [3.8, 4) is 11.4 Å². The second-order valence-corrected chi connectivity index (χ2v) is 8.35. The summed E-state index contributed by atoms with van der Waals surface area (Å²) in [5.74, 6) is -0.282. The standard InChI is InChI=1S/C27H24N8O2/c28-25(36)23(16-35(19-6-2-1-3-7-19)24-8-4-5-12-30-24)33-26(37)17-9-10-20-18(14-17)15-22(32-20)21-11-13-31-27(29)34-21/h1-15,23,32H,16H2,(H2,28,36)(H,33,37)(H2,29,31,34). The molecule has 5 rings (SSSR count). The van der Waals surface area contributed by atoms with Crippen molar-refractivity contribution in [1.82, 2.24) is 25.3 Å². The van der Waals surface area contributed by atoms with Crippen LogP contribution in [-0.4, -0.2) is 44.3 Å². The van der Waals surface area contributed by atoms with Crippen LogP contribution in [0.2, 0.25) is 0 Å². The summed E-state index contributed by atoms with van der Waals surface area (Å²) in [5.41, 5.74) is 14.8. The van der Waals surface area contributed by atoms with E-state index in [1.165, 1.54) is 0 Å². The van der Waals surface area contributed by atoms with Gasteiger partial charge in [0.25, 0.3) is 5.91 Å². The number of para-hydroxylation sites is 1. The number of nitrogen functional groups attached to an aromatic ring is 1. The molecule has 2 amide bonds. The van der Waals surface area contributed by atoms with E-state index in [1.807, 2.05) is 59.5 Å². The number of benzene rings is 2. The van der Waals surface area contributed by atoms with Crippen LogP contribution in [0.1, 0.15) is 10.4 Å². The van der Waals surface area contributed by atoms with Crippen molar-refractivity contribution < 1.29 is 9.59 Å². The Hall–Kier alpha value is -5.25. The van der Waals surface area contributed by atoms with E-state index in [0.29, 0.717) is 17.1 Å². The minimum Gasteiger partial charge on any atom is -0.368 e. The molecule has 3 heterocycles. The molecule has 37 heavy (non-hydrogen) atoms. The number of rotatable bonds is 8. The Morgan fingerprint density at radius 3 is 2.49 bits per heavy atom. The fraction of sp³-hybridized carbons (Fsp3) is 0.0741. The first kappa shape index (κ1) is 23.5. The fourth-order valence-electron chi connectivity index (χ4n) is 4.02. The molecule has 1 unspecified atom stereocenters. The highest BCUT2D eigenvalue weighted by molar-refractivity contribution is 6.01. The predicted molar refractivity (Wildman–Crippen MR) is 142 cm³/mol. The Bertz CT molecular complexity index is 1510. The van der Waals surface area contributed by atoms with Gasteiger partial charge in [-0.05, 0) is 54.6 Å². The molecule has 0 bridgehead atoms. The molecule has 0 saturated heterocycles. The Morgan fingerprint density at radius 1 is 0.946 bits per heavy atom. The molecular formula is C27H24N8O2. The van der Waals surface area contributed by atoms with Crippen molar-refractivity contribution in [2.24, 2.45) is 5.73 Å². The number of primary amides is 1. The van der Waals surface area contributed by atoms with Crippen LogP contribution in [0.25, 0.3) is 22.3 Å². The van der Waals surface area contributed by atoms with Crippen LogP contribution < -0.4 is 21.7 Å². The van der Waals surface area contributed by atoms with Gasteiger partial charge in [-0.2, -0.15) is 0 Å². The number of hydrogen-bond acceptors (Lipinski definition) is 7. The van der Waals surface area contributed by atoms with Gasteiger partial charge in [0.2, 0.25) is 11.9 Å². The molecule has 1 atom stereocenters. The number of fused-ring (bicyclic) bond motifs is 1. The molecule has 0 aliphatic heterocycles. The summed E-state index contributed by atoms with van der Waals surface area (Å²) < 4.78 is 0. The average molecular weight is 493 g/mol. The van der Waals surface area contributed by atoms with Gasteiger partial charge in [0, 0.05) is 34.5 Å². The van der Waals surface area contributed by atoms with Crippen molar-refractivity contribution in [2.75, 3.05) is 17.2 Å². The van der Waals surface area contributed by atoms with Crippen LogP contribution in [-0.2, 0) is 4.79 Å². The Kier molecular flexibility index (Phi) is 6.45. The van der Waals surface area contributed by atoms with Crippen LogP contribution in [0.3, 0.4) is 0 Å². The number of aromatic nitrogens is 4. The predicted octanol–water partition coefficient (Wildman–Crippen LogP) is 3.02. The van der Waals surface area contributed by atoms with Crippen LogP contribution in [0.4, 0.5) is 17.5 Å². The number of nitrogens with two attached hydrogens (primary N) is 2. The van der Waals surface area contributed by atoms with Crippen LogP contribution in [0.5, 0.6) is 0 Å². The van der Waals surface area contributed by atoms with Gasteiger partial charge in [0.1, 0.15) is 11.9 Å². The van der Waals surface area contributed by atoms with Crippen molar-refractivity contribution >= 4 is 40.2 Å². The number of nitrogens with one attached hydrogen (secondary N) is 2. The summed E-state index contributed by atoms with van der Waals surface area (Å²) in [6.45, 7) is 0.105. The zero-order chi connectivity index (χ0) is 25.8. The highest BCUT2D eigenvalue weighted by Gasteiger charge is 2.24. The third kappa shape index (κ3) is 5.22. The molecule has 0 spiro atoms. The summed E-state index contributed by atoms with van der Waals surface area (Å²) in [5, 5.41) is 3.58. The molecule has 184 valence electrons. The largest absolute Gasteiger partial charge is 0.368 e. The lowest BCUT2D eigenvalue weighted by Crippen LogP contribution is -2.50. The lowest BCUT2D eigenvalue weighted by atomic mass is 10.1. The van der Waals surface area contributed by atoms with Gasteiger partial charge < -0.3 is 26.7 Å². The summed E-state index contributed by atoms with van der Waals surface area (Å²) in [4.78, 5) is 43.2. The molecule has 2 aromatic carbocycles. The van der Waals surface area contributed by atoms with E-state index in [2.05, 4.69) is 25.3 Å². The van der Waals surface area contributed by atoms with Crippen molar-refractivity contribution in [3.63, 3.8) is 0 Å². The van der Waals surface area contributed by atoms with Gasteiger partial charge in [-0.3, -0.25) is 9.59 Å². The molecule has 10 nitrogen and oxygen atoms in total. The molecule has 0 saturated carbocycles.